The summed E-state index contributed by atoms with van der Waals surface area (Å²) in [6, 6.07) is 14.1. The van der Waals surface area contributed by atoms with Crippen LogP contribution in [0.4, 0.5) is 0 Å². The largest absolute Gasteiger partial charge is 0.454 e. The first-order chi connectivity index (χ1) is 9.72. The van der Waals surface area contributed by atoms with Crippen molar-refractivity contribution in [3.63, 3.8) is 0 Å². The third-order valence-corrected chi connectivity index (χ3v) is 4.73. The van der Waals surface area contributed by atoms with Crippen LogP contribution in [-0.2, 0) is 0 Å². The predicted molar refractivity (Wildman–Crippen MR) is 84.4 cm³/mol. The van der Waals surface area contributed by atoms with Crippen molar-refractivity contribution >= 4 is 27.7 Å². The number of hydrogen-bond acceptors (Lipinski definition) is 4. The van der Waals surface area contributed by atoms with Gasteiger partial charge in [-0.05, 0) is 42.0 Å². The Morgan fingerprint density at radius 1 is 1.10 bits per heavy atom. The Balaban J connectivity index is 1.64. The van der Waals surface area contributed by atoms with E-state index in [-0.39, 0.29) is 6.04 Å². The highest BCUT2D eigenvalue weighted by molar-refractivity contribution is 9.10. The van der Waals surface area contributed by atoms with Crippen LogP contribution in [0.25, 0.3) is 0 Å². The van der Waals surface area contributed by atoms with Crippen LogP contribution in [0.5, 0.6) is 11.5 Å². The number of rotatable bonds is 4. The van der Waals surface area contributed by atoms with Crippen LogP contribution in [0.15, 0.2) is 51.8 Å². The lowest BCUT2D eigenvalue weighted by Gasteiger charge is -2.12. The summed E-state index contributed by atoms with van der Waals surface area (Å²) >= 11 is 5.18. The fourth-order valence-electron chi connectivity index (χ4n) is 1.96. The molecule has 0 aromatic heterocycles. The molecule has 0 radical (unpaired) electrons. The second-order valence-corrected chi connectivity index (χ2v) is 6.49. The van der Waals surface area contributed by atoms with Crippen LogP contribution in [0.3, 0.4) is 0 Å². The van der Waals surface area contributed by atoms with Gasteiger partial charge in [0.2, 0.25) is 6.79 Å². The molecule has 0 fully saturated rings. The maximum atomic E-state index is 6.24. The Kier molecular flexibility index (Phi) is 4.19. The van der Waals surface area contributed by atoms with Gasteiger partial charge in [0.05, 0.1) is 0 Å². The predicted octanol–water partition coefficient (Wildman–Crippen LogP) is 3.97. The summed E-state index contributed by atoms with van der Waals surface area (Å²) in [5, 5.41) is 0. The fraction of sp³-hybridized carbons (Fsp3) is 0.200. The zero-order chi connectivity index (χ0) is 13.9. The molecule has 1 aliphatic heterocycles. The summed E-state index contributed by atoms with van der Waals surface area (Å²) in [6.45, 7) is 0.293. The van der Waals surface area contributed by atoms with Crippen LogP contribution < -0.4 is 15.2 Å². The fourth-order valence-corrected chi connectivity index (χ4v) is 3.11. The monoisotopic (exact) mass is 351 g/mol. The number of ether oxygens (including phenoxy) is 2. The number of nitrogens with two attached hydrogens (primary N) is 1. The van der Waals surface area contributed by atoms with Crippen molar-refractivity contribution in [3.8, 4) is 11.5 Å². The summed E-state index contributed by atoms with van der Waals surface area (Å²) in [4.78, 5) is 1.21. The van der Waals surface area contributed by atoms with E-state index in [0.717, 1.165) is 27.3 Å². The molecule has 0 aliphatic carbocycles. The van der Waals surface area contributed by atoms with Gasteiger partial charge in [0.15, 0.2) is 11.5 Å². The van der Waals surface area contributed by atoms with E-state index in [1.807, 2.05) is 30.3 Å². The molecule has 0 spiro atoms. The van der Waals surface area contributed by atoms with Gasteiger partial charge >= 0.3 is 0 Å². The summed E-state index contributed by atoms with van der Waals surface area (Å²) in [6.07, 6.45) is 0. The molecule has 2 N–H and O–H groups in total. The first-order valence-electron chi connectivity index (χ1n) is 6.26. The zero-order valence-electron chi connectivity index (χ0n) is 10.7. The molecular formula is C15H14BrNO2S. The van der Waals surface area contributed by atoms with Gasteiger partial charge in [-0.15, -0.1) is 11.8 Å². The van der Waals surface area contributed by atoms with Crippen molar-refractivity contribution in [3.05, 3.63) is 52.5 Å². The molecular weight excluding hydrogens is 338 g/mol. The van der Waals surface area contributed by atoms with Crippen molar-refractivity contribution in [2.75, 3.05) is 12.5 Å². The molecule has 2 aromatic carbocycles. The minimum Gasteiger partial charge on any atom is -0.454 e. The van der Waals surface area contributed by atoms with Crippen LogP contribution in [0.2, 0.25) is 0 Å². The van der Waals surface area contributed by atoms with E-state index in [2.05, 4.69) is 28.1 Å². The second-order valence-electron chi connectivity index (χ2n) is 4.48. The minimum absolute atomic E-state index is 0.0295. The van der Waals surface area contributed by atoms with E-state index in [0.29, 0.717) is 6.79 Å². The molecule has 1 unspecified atom stereocenters. The molecule has 0 amide bonds. The number of fused-ring (bicyclic) bond motifs is 1. The van der Waals surface area contributed by atoms with Gasteiger partial charge in [-0.3, -0.25) is 0 Å². The van der Waals surface area contributed by atoms with E-state index < -0.39 is 0 Å². The number of hydrogen-bond donors (Lipinski definition) is 1. The highest BCUT2D eigenvalue weighted by atomic mass is 79.9. The van der Waals surface area contributed by atoms with Gasteiger partial charge in [-0.2, -0.15) is 0 Å². The Hall–Kier alpha value is -1.17. The molecule has 3 nitrogen and oxygen atoms in total. The van der Waals surface area contributed by atoms with Crippen molar-refractivity contribution in [1.29, 1.82) is 0 Å². The molecule has 0 bridgehead atoms. The van der Waals surface area contributed by atoms with E-state index in [1.165, 1.54) is 4.90 Å². The van der Waals surface area contributed by atoms with Gasteiger partial charge in [0, 0.05) is 21.2 Å². The molecule has 1 atom stereocenters. The average molecular weight is 352 g/mol. The SMILES string of the molecule is NC(CSc1ccc(Br)cc1)c1ccc2c(c1)OCO2. The molecule has 3 rings (SSSR count). The van der Waals surface area contributed by atoms with Crippen molar-refractivity contribution < 1.29 is 9.47 Å². The Bertz CT molecular complexity index is 603. The van der Waals surface area contributed by atoms with Crippen LogP contribution >= 0.6 is 27.7 Å². The quantitative estimate of drug-likeness (QED) is 0.846. The first kappa shape index (κ1) is 13.8. The van der Waals surface area contributed by atoms with Crippen LogP contribution in [0, 0.1) is 0 Å². The van der Waals surface area contributed by atoms with Crippen LogP contribution in [0.1, 0.15) is 11.6 Å². The van der Waals surface area contributed by atoms with Gasteiger partial charge in [-0.25, -0.2) is 0 Å². The highest BCUT2D eigenvalue weighted by Gasteiger charge is 2.16. The number of benzene rings is 2. The van der Waals surface area contributed by atoms with Crippen molar-refractivity contribution in [2.45, 2.75) is 10.9 Å². The van der Waals surface area contributed by atoms with Gasteiger partial charge in [0.1, 0.15) is 0 Å². The Morgan fingerprint density at radius 2 is 1.85 bits per heavy atom. The molecule has 0 saturated carbocycles. The minimum atomic E-state index is -0.0295. The Morgan fingerprint density at radius 3 is 2.65 bits per heavy atom. The van der Waals surface area contributed by atoms with E-state index in [9.17, 15) is 0 Å². The van der Waals surface area contributed by atoms with Gasteiger partial charge in [-0.1, -0.05) is 22.0 Å². The lowest BCUT2D eigenvalue weighted by atomic mass is 10.1. The number of thioether (sulfide) groups is 1. The molecule has 2 aromatic rings. The van der Waals surface area contributed by atoms with Crippen molar-refractivity contribution in [2.24, 2.45) is 5.73 Å². The standard InChI is InChI=1S/C15H14BrNO2S/c16-11-2-4-12(5-3-11)20-8-13(17)10-1-6-14-15(7-10)19-9-18-14/h1-7,13H,8-9,17H2. The first-order valence-corrected chi connectivity index (χ1v) is 8.04. The number of halogens is 1. The summed E-state index contributed by atoms with van der Waals surface area (Å²) in [7, 11) is 0. The zero-order valence-corrected chi connectivity index (χ0v) is 13.1. The maximum Gasteiger partial charge on any atom is 0.231 e. The van der Waals surface area contributed by atoms with E-state index in [4.69, 9.17) is 15.2 Å². The maximum absolute atomic E-state index is 6.24. The van der Waals surface area contributed by atoms with Crippen molar-refractivity contribution in [1.82, 2.24) is 0 Å². The second kappa shape index (κ2) is 6.08. The summed E-state index contributed by atoms with van der Waals surface area (Å²) in [5.74, 6) is 2.40. The topological polar surface area (TPSA) is 44.5 Å². The Labute approximate surface area is 130 Å². The van der Waals surface area contributed by atoms with Gasteiger partial charge < -0.3 is 15.2 Å². The normalized spacial score (nSPS) is 14.3. The molecule has 0 saturated heterocycles. The molecule has 1 heterocycles. The smallest absolute Gasteiger partial charge is 0.231 e. The molecule has 1 aliphatic rings. The van der Waals surface area contributed by atoms with E-state index >= 15 is 0 Å². The molecule has 104 valence electrons. The lowest BCUT2D eigenvalue weighted by molar-refractivity contribution is 0.174. The third-order valence-electron chi connectivity index (χ3n) is 3.07. The summed E-state index contributed by atoms with van der Waals surface area (Å²) < 4.78 is 11.8. The lowest BCUT2D eigenvalue weighted by Crippen LogP contribution is -2.12. The highest BCUT2D eigenvalue weighted by Crippen LogP contribution is 2.34. The summed E-state index contributed by atoms with van der Waals surface area (Å²) in [5.41, 5.74) is 7.31. The average Bonchev–Trinajstić information content (AvgIpc) is 2.93. The van der Waals surface area contributed by atoms with Crippen LogP contribution in [-0.4, -0.2) is 12.5 Å². The third kappa shape index (κ3) is 3.11. The molecule has 5 heteroatoms. The van der Waals surface area contributed by atoms with E-state index in [1.54, 1.807) is 11.8 Å². The molecule has 20 heavy (non-hydrogen) atoms. The van der Waals surface area contributed by atoms with Gasteiger partial charge in [0.25, 0.3) is 0 Å².